The Morgan fingerprint density at radius 1 is 1.04 bits per heavy atom. The summed E-state index contributed by atoms with van der Waals surface area (Å²) in [5.74, 6) is -0.762. The number of amides is 1. The molecular formula is C16H21NO6. The summed E-state index contributed by atoms with van der Waals surface area (Å²) in [5, 5.41) is 11.1. The summed E-state index contributed by atoms with van der Waals surface area (Å²) in [6.45, 7) is 1.78. The number of benzene rings is 1. The molecule has 7 heteroatoms. The van der Waals surface area contributed by atoms with Gasteiger partial charge in [-0.2, -0.15) is 0 Å². The summed E-state index contributed by atoms with van der Waals surface area (Å²) in [4.78, 5) is 32.6. The van der Waals surface area contributed by atoms with E-state index < -0.39 is 5.97 Å². The third kappa shape index (κ3) is 9.13. The van der Waals surface area contributed by atoms with Crippen LogP contribution in [0.5, 0.6) is 5.75 Å². The van der Waals surface area contributed by atoms with Crippen molar-refractivity contribution in [2.24, 2.45) is 0 Å². The average Bonchev–Trinajstić information content (AvgIpc) is 2.49. The predicted molar refractivity (Wildman–Crippen MR) is 83.3 cm³/mol. The van der Waals surface area contributed by atoms with Crippen molar-refractivity contribution in [1.29, 1.82) is 0 Å². The fraction of sp³-hybridized carbons (Fsp3) is 0.438. The fourth-order valence-corrected chi connectivity index (χ4v) is 1.77. The van der Waals surface area contributed by atoms with E-state index in [0.29, 0.717) is 24.3 Å². The van der Waals surface area contributed by atoms with Gasteiger partial charge in [0.25, 0.3) is 0 Å². The molecule has 0 aliphatic heterocycles. The van der Waals surface area contributed by atoms with Gasteiger partial charge < -0.3 is 19.9 Å². The minimum atomic E-state index is -0.865. The number of nitrogens with one attached hydrogen (secondary N) is 1. The molecule has 0 atom stereocenters. The number of carboxylic acid groups (broad SMARTS) is 1. The highest BCUT2D eigenvalue weighted by molar-refractivity contribution is 5.88. The Balaban J connectivity index is 2.13. The Hall–Kier alpha value is -2.57. The number of ether oxygens (including phenoxy) is 2. The zero-order chi connectivity index (χ0) is 17.1. The molecular weight excluding hydrogens is 302 g/mol. The number of hydrogen-bond donors (Lipinski definition) is 2. The number of hydrogen-bond acceptors (Lipinski definition) is 5. The van der Waals surface area contributed by atoms with Crippen LogP contribution in [0.4, 0.5) is 5.69 Å². The van der Waals surface area contributed by atoms with Gasteiger partial charge in [0.05, 0.1) is 0 Å². The van der Waals surface area contributed by atoms with Gasteiger partial charge in [-0.05, 0) is 37.1 Å². The number of unbranched alkanes of at least 4 members (excludes halogenated alkanes) is 1. The van der Waals surface area contributed by atoms with Crippen molar-refractivity contribution < 1.29 is 29.0 Å². The SMILES string of the molecule is CC(=O)Nc1ccc(OCCOC(=O)CCCCC(=O)O)cc1. The highest BCUT2D eigenvalue weighted by Gasteiger charge is 2.04. The fourth-order valence-electron chi connectivity index (χ4n) is 1.77. The highest BCUT2D eigenvalue weighted by atomic mass is 16.6. The maximum absolute atomic E-state index is 11.4. The number of carbonyl (C=O) groups excluding carboxylic acids is 2. The molecule has 0 unspecified atom stereocenters. The largest absolute Gasteiger partial charge is 0.490 e. The van der Waals surface area contributed by atoms with Crippen LogP contribution in [0.2, 0.25) is 0 Å². The Labute approximate surface area is 134 Å². The van der Waals surface area contributed by atoms with Gasteiger partial charge >= 0.3 is 11.9 Å². The van der Waals surface area contributed by atoms with Crippen molar-refractivity contribution in [1.82, 2.24) is 0 Å². The molecule has 0 aliphatic carbocycles. The van der Waals surface area contributed by atoms with Gasteiger partial charge in [0, 0.05) is 25.5 Å². The summed E-state index contributed by atoms with van der Waals surface area (Å²) < 4.78 is 10.4. The van der Waals surface area contributed by atoms with E-state index in [4.69, 9.17) is 14.6 Å². The molecule has 2 N–H and O–H groups in total. The van der Waals surface area contributed by atoms with Crippen LogP contribution in [-0.2, 0) is 19.1 Å². The standard InChI is InChI=1S/C16H21NO6/c1-12(18)17-13-6-8-14(9-7-13)22-10-11-23-16(21)5-3-2-4-15(19)20/h6-9H,2-5,10-11H2,1H3,(H,17,18)(H,19,20). The monoisotopic (exact) mass is 323 g/mol. The Kier molecular flexibility index (Phi) is 8.20. The van der Waals surface area contributed by atoms with Gasteiger partial charge in [0.2, 0.25) is 5.91 Å². The van der Waals surface area contributed by atoms with Crippen LogP contribution in [0, 0.1) is 0 Å². The maximum Gasteiger partial charge on any atom is 0.305 e. The first kappa shape index (κ1) is 18.5. The molecule has 0 fully saturated rings. The average molecular weight is 323 g/mol. The first-order chi connectivity index (χ1) is 11.0. The zero-order valence-corrected chi connectivity index (χ0v) is 13.0. The molecule has 1 rings (SSSR count). The molecule has 0 saturated heterocycles. The molecule has 7 nitrogen and oxygen atoms in total. The lowest BCUT2D eigenvalue weighted by Crippen LogP contribution is -2.12. The van der Waals surface area contributed by atoms with Crippen LogP contribution < -0.4 is 10.1 Å². The maximum atomic E-state index is 11.4. The second-order valence-electron chi connectivity index (χ2n) is 4.88. The van der Waals surface area contributed by atoms with Crippen molar-refractivity contribution in [2.45, 2.75) is 32.6 Å². The Bertz CT molecular complexity index is 526. The van der Waals surface area contributed by atoms with Gasteiger partial charge in [0.1, 0.15) is 19.0 Å². The lowest BCUT2D eigenvalue weighted by Gasteiger charge is -2.08. The first-order valence-corrected chi connectivity index (χ1v) is 7.35. The van der Waals surface area contributed by atoms with Crippen LogP contribution >= 0.6 is 0 Å². The van der Waals surface area contributed by atoms with E-state index in [9.17, 15) is 14.4 Å². The third-order valence-electron chi connectivity index (χ3n) is 2.81. The topological polar surface area (TPSA) is 102 Å². The molecule has 0 radical (unpaired) electrons. The van der Waals surface area contributed by atoms with E-state index in [-0.39, 0.29) is 37.9 Å². The molecule has 0 saturated carbocycles. The summed E-state index contributed by atoms with van der Waals surface area (Å²) in [6, 6.07) is 6.84. The molecule has 0 aliphatic rings. The molecule has 0 spiro atoms. The van der Waals surface area contributed by atoms with Crippen LogP contribution in [0.3, 0.4) is 0 Å². The second-order valence-corrected chi connectivity index (χ2v) is 4.88. The molecule has 1 aromatic rings. The zero-order valence-electron chi connectivity index (χ0n) is 13.0. The summed E-state index contributed by atoms with van der Waals surface area (Å²) in [5.41, 5.74) is 0.678. The lowest BCUT2D eigenvalue weighted by atomic mass is 10.2. The van der Waals surface area contributed by atoms with E-state index in [1.54, 1.807) is 24.3 Å². The number of aliphatic carboxylic acids is 1. The van der Waals surface area contributed by atoms with E-state index >= 15 is 0 Å². The van der Waals surface area contributed by atoms with Crippen molar-refractivity contribution >= 4 is 23.5 Å². The normalized spacial score (nSPS) is 9.96. The van der Waals surface area contributed by atoms with Gasteiger partial charge in [-0.25, -0.2) is 0 Å². The number of rotatable bonds is 10. The second kappa shape index (κ2) is 10.2. The van der Waals surface area contributed by atoms with Crippen molar-refractivity contribution in [2.75, 3.05) is 18.5 Å². The van der Waals surface area contributed by atoms with Crippen LogP contribution in [-0.4, -0.2) is 36.2 Å². The highest BCUT2D eigenvalue weighted by Crippen LogP contribution is 2.15. The molecule has 0 heterocycles. The number of esters is 1. The molecule has 0 bridgehead atoms. The molecule has 0 aromatic heterocycles. The van der Waals surface area contributed by atoms with Gasteiger partial charge in [0.15, 0.2) is 0 Å². The van der Waals surface area contributed by atoms with Gasteiger partial charge in [-0.1, -0.05) is 0 Å². The lowest BCUT2D eigenvalue weighted by molar-refractivity contribution is -0.145. The quantitative estimate of drug-likeness (QED) is 0.505. The number of carboxylic acids is 1. The summed E-state index contributed by atoms with van der Waals surface area (Å²) in [6.07, 6.45) is 1.22. The molecule has 1 amide bonds. The van der Waals surface area contributed by atoms with Crippen LogP contribution in [0.15, 0.2) is 24.3 Å². The predicted octanol–water partition coefficient (Wildman–Crippen LogP) is 2.21. The summed E-state index contributed by atoms with van der Waals surface area (Å²) >= 11 is 0. The Morgan fingerprint density at radius 2 is 1.70 bits per heavy atom. The molecule has 23 heavy (non-hydrogen) atoms. The summed E-state index contributed by atoms with van der Waals surface area (Å²) in [7, 11) is 0. The van der Waals surface area contributed by atoms with Crippen molar-refractivity contribution in [3.05, 3.63) is 24.3 Å². The number of anilines is 1. The van der Waals surface area contributed by atoms with E-state index in [1.165, 1.54) is 6.92 Å². The third-order valence-corrected chi connectivity index (χ3v) is 2.81. The Morgan fingerprint density at radius 3 is 2.30 bits per heavy atom. The van der Waals surface area contributed by atoms with E-state index in [2.05, 4.69) is 5.32 Å². The van der Waals surface area contributed by atoms with Gasteiger partial charge in [-0.15, -0.1) is 0 Å². The van der Waals surface area contributed by atoms with E-state index in [0.717, 1.165) is 0 Å². The van der Waals surface area contributed by atoms with Crippen molar-refractivity contribution in [3.8, 4) is 5.75 Å². The van der Waals surface area contributed by atoms with Crippen molar-refractivity contribution in [3.63, 3.8) is 0 Å². The molecule has 126 valence electrons. The van der Waals surface area contributed by atoms with Crippen LogP contribution in [0.25, 0.3) is 0 Å². The van der Waals surface area contributed by atoms with E-state index in [1.807, 2.05) is 0 Å². The molecule has 1 aromatic carbocycles. The number of carbonyl (C=O) groups is 3. The van der Waals surface area contributed by atoms with Crippen LogP contribution in [0.1, 0.15) is 32.6 Å². The van der Waals surface area contributed by atoms with Gasteiger partial charge in [-0.3, -0.25) is 14.4 Å². The minimum absolute atomic E-state index is 0.0604. The minimum Gasteiger partial charge on any atom is -0.490 e. The smallest absolute Gasteiger partial charge is 0.305 e. The first-order valence-electron chi connectivity index (χ1n) is 7.35.